The first-order valence-electron chi connectivity index (χ1n) is 6.39. The molecule has 1 atom stereocenters. The van der Waals surface area contributed by atoms with Crippen LogP contribution in [0, 0.1) is 10.1 Å². The second-order valence-corrected chi connectivity index (χ2v) is 6.02. The molecular formula is C15H14BrClN2O2. The number of nitrogens with zero attached hydrogens (tertiary/aromatic N) is 1. The highest BCUT2D eigenvalue weighted by molar-refractivity contribution is 9.10. The minimum Gasteiger partial charge on any atom is -0.306 e. The predicted molar refractivity (Wildman–Crippen MR) is 87.5 cm³/mol. The molecule has 0 aromatic heterocycles. The lowest BCUT2D eigenvalue weighted by Gasteiger charge is -2.14. The molecule has 4 nitrogen and oxygen atoms in total. The van der Waals surface area contributed by atoms with Crippen molar-refractivity contribution in [2.24, 2.45) is 0 Å². The van der Waals surface area contributed by atoms with E-state index in [0.717, 1.165) is 15.6 Å². The van der Waals surface area contributed by atoms with E-state index in [1.54, 1.807) is 12.1 Å². The van der Waals surface area contributed by atoms with Gasteiger partial charge in [-0.1, -0.05) is 45.7 Å². The Morgan fingerprint density at radius 1 is 1.29 bits per heavy atom. The van der Waals surface area contributed by atoms with Gasteiger partial charge in [0.1, 0.15) is 5.02 Å². The largest absolute Gasteiger partial charge is 0.306 e. The topological polar surface area (TPSA) is 55.2 Å². The third kappa shape index (κ3) is 4.27. The molecule has 21 heavy (non-hydrogen) atoms. The molecule has 0 aliphatic carbocycles. The van der Waals surface area contributed by atoms with Crippen molar-refractivity contribution >= 4 is 33.2 Å². The molecule has 0 amide bonds. The van der Waals surface area contributed by atoms with Crippen LogP contribution in [0.15, 0.2) is 46.9 Å². The van der Waals surface area contributed by atoms with Crippen molar-refractivity contribution in [3.05, 3.63) is 73.2 Å². The highest BCUT2D eigenvalue weighted by Crippen LogP contribution is 2.25. The van der Waals surface area contributed by atoms with E-state index in [-0.39, 0.29) is 16.8 Å². The Kier molecular flexibility index (Phi) is 5.33. The second kappa shape index (κ2) is 7.02. The molecule has 0 spiro atoms. The van der Waals surface area contributed by atoms with Gasteiger partial charge in [-0.2, -0.15) is 0 Å². The molecular weight excluding hydrogens is 356 g/mol. The number of nitrogens with one attached hydrogen (secondary N) is 1. The molecule has 0 bridgehead atoms. The first kappa shape index (κ1) is 15.9. The smallest absolute Gasteiger partial charge is 0.288 e. The zero-order valence-electron chi connectivity index (χ0n) is 11.3. The van der Waals surface area contributed by atoms with Crippen molar-refractivity contribution in [2.45, 2.75) is 19.5 Å². The molecule has 0 aliphatic heterocycles. The molecule has 1 N–H and O–H groups in total. The summed E-state index contributed by atoms with van der Waals surface area (Å²) >= 11 is 9.20. The standard InChI is InChI=1S/C15H14BrClN2O2/c1-10(12-3-5-13(16)6-4-12)18-9-11-2-7-14(17)15(8-11)19(20)21/h2-8,10,18H,9H2,1H3/t10-/m1/s1. The Labute approximate surface area is 136 Å². The van der Waals surface area contributed by atoms with E-state index in [4.69, 9.17) is 11.6 Å². The van der Waals surface area contributed by atoms with Crippen molar-refractivity contribution in [2.75, 3.05) is 0 Å². The van der Waals surface area contributed by atoms with Crippen LogP contribution in [0.2, 0.25) is 5.02 Å². The van der Waals surface area contributed by atoms with Gasteiger partial charge < -0.3 is 5.32 Å². The fourth-order valence-electron chi connectivity index (χ4n) is 1.95. The SMILES string of the molecule is C[C@@H](NCc1ccc(Cl)c([N+](=O)[O-])c1)c1ccc(Br)cc1. The molecule has 2 aromatic carbocycles. The highest BCUT2D eigenvalue weighted by atomic mass is 79.9. The molecule has 2 aromatic rings. The lowest BCUT2D eigenvalue weighted by atomic mass is 10.1. The summed E-state index contributed by atoms with van der Waals surface area (Å²) in [4.78, 5) is 10.4. The van der Waals surface area contributed by atoms with Crippen LogP contribution in [-0.4, -0.2) is 4.92 Å². The van der Waals surface area contributed by atoms with Crippen LogP contribution in [0.25, 0.3) is 0 Å². The monoisotopic (exact) mass is 368 g/mol. The minimum absolute atomic E-state index is 0.0627. The normalized spacial score (nSPS) is 12.1. The van der Waals surface area contributed by atoms with Gasteiger partial charge in [-0.15, -0.1) is 0 Å². The highest BCUT2D eigenvalue weighted by Gasteiger charge is 2.13. The zero-order chi connectivity index (χ0) is 15.4. The summed E-state index contributed by atoms with van der Waals surface area (Å²) in [5, 5.41) is 14.4. The van der Waals surface area contributed by atoms with Crippen LogP contribution in [0.4, 0.5) is 5.69 Å². The summed E-state index contributed by atoms with van der Waals surface area (Å²) in [6, 6.07) is 13.0. The summed E-state index contributed by atoms with van der Waals surface area (Å²) in [7, 11) is 0. The number of nitro groups is 1. The summed E-state index contributed by atoms with van der Waals surface area (Å²) < 4.78 is 1.03. The maximum atomic E-state index is 10.9. The van der Waals surface area contributed by atoms with Crippen molar-refractivity contribution in [3.63, 3.8) is 0 Å². The molecule has 6 heteroatoms. The Bertz CT molecular complexity index is 647. The maximum Gasteiger partial charge on any atom is 0.288 e. The van der Waals surface area contributed by atoms with E-state index in [2.05, 4.69) is 21.2 Å². The first-order valence-corrected chi connectivity index (χ1v) is 7.56. The van der Waals surface area contributed by atoms with E-state index in [0.29, 0.717) is 6.54 Å². The lowest BCUT2D eigenvalue weighted by molar-refractivity contribution is -0.384. The number of hydrogen-bond donors (Lipinski definition) is 1. The van der Waals surface area contributed by atoms with E-state index in [1.165, 1.54) is 6.07 Å². The van der Waals surface area contributed by atoms with Crippen molar-refractivity contribution < 1.29 is 4.92 Å². The third-order valence-electron chi connectivity index (χ3n) is 3.19. The first-order chi connectivity index (χ1) is 9.97. The fourth-order valence-corrected chi connectivity index (χ4v) is 2.40. The van der Waals surface area contributed by atoms with Gasteiger partial charge in [0.15, 0.2) is 0 Å². The van der Waals surface area contributed by atoms with Gasteiger partial charge in [-0.3, -0.25) is 10.1 Å². The molecule has 0 fully saturated rings. The van der Waals surface area contributed by atoms with Crippen molar-refractivity contribution in [1.29, 1.82) is 0 Å². The summed E-state index contributed by atoms with van der Waals surface area (Å²) in [6.45, 7) is 2.59. The molecule has 0 aliphatic rings. The molecule has 0 saturated heterocycles. The van der Waals surface area contributed by atoms with Crippen LogP contribution in [0.3, 0.4) is 0 Å². The minimum atomic E-state index is -0.468. The van der Waals surface area contributed by atoms with E-state index in [9.17, 15) is 10.1 Å². The molecule has 110 valence electrons. The fraction of sp³-hybridized carbons (Fsp3) is 0.200. The molecule has 0 heterocycles. The Morgan fingerprint density at radius 2 is 1.95 bits per heavy atom. The van der Waals surface area contributed by atoms with E-state index < -0.39 is 4.92 Å². The average Bonchev–Trinajstić information content (AvgIpc) is 2.46. The van der Waals surface area contributed by atoms with Crippen LogP contribution in [-0.2, 0) is 6.54 Å². The Morgan fingerprint density at radius 3 is 2.57 bits per heavy atom. The maximum absolute atomic E-state index is 10.9. The number of rotatable bonds is 5. The third-order valence-corrected chi connectivity index (χ3v) is 4.04. The molecule has 0 radical (unpaired) electrons. The van der Waals surface area contributed by atoms with Crippen molar-refractivity contribution in [3.8, 4) is 0 Å². The Balaban J connectivity index is 2.04. The number of halogens is 2. The van der Waals surface area contributed by atoms with Gasteiger partial charge in [0.25, 0.3) is 5.69 Å². The van der Waals surface area contributed by atoms with Gasteiger partial charge in [0.2, 0.25) is 0 Å². The van der Waals surface area contributed by atoms with Crippen LogP contribution >= 0.6 is 27.5 Å². The molecule has 2 rings (SSSR count). The summed E-state index contributed by atoms with van der Waals surface area (Å²) in [6.07, 6.45) is 0. The van der Waals surface area contributed by atoms with Crippen LogP contribution in [0.5, 0.6) is 0 Å². The Hall–Kier alpha value is -1.43. The average molecular weight is 370 g/mol. The number of hydrogen-bond acceptors (Lipinski definition) is 3. The predicted octanol–water partition coefficient (Wildman–Crippen LogP) is 4.86. The van der Waals surface area contributed by atoms with Gasteiger partial charge in [0, 0.05) is 23.1 Å². The lowest BCUT2D eigenvalue weighted by Crippen LogP contribution is -2.18. The number of benzene rings is 2. The molecule has 0 saturated carbocycles. The second-order valence-electron chi connectivity index (χ2n) is 4.70. The van der Waals surface area contributed by atoms with Crippen LogP contribution in [0.1, 0.15) is 24.1 Å². The zero-order valence-corrected chi connectivity index (χ0v) is 13.7. The van der Waals surface area contributed by atoms with Gasteiger partial charge >= 0.3 is 0 Å². The van der Waals surface area contributed by atoms with Crippen LogP contribution < -0.4 is 5.32 Å². The number of nitro benzene ring substituents is 1. The van der Waals surface area contributed by atoms with Gasteiger partial charge in [-0.05, 0) is 36.2 Å². The van der Waals surface area contributed by atoms with Crippen molar-refractivity contribution in [1.82, 2.24) is 5.32 Å². The summed E-state index contributed by atoms with van der Waals surface area (Å²) in [5.41, 5.74) is 1.92. The van der Waals surface area contributed by atoms with E-state index in [1.807, 2.05) is 31.2 Å². The van der Waals surface area contributed by atoms with E-state index >= 15 is 0 Å². The van der Waals surface area contributed by atoms with Gasteiger partial charge in [0.05, 0.1) is 4.92 Å². The summed E-state index contributed by atoms with van der Waals surface area (Å²) in [5.74, 6) is 0. The quantitative estimate of drug-likeness (QED) is 0.605. The molecule has 0 unspecified atom stereocenters. The van der Waals surface area contributed by atoms with Gasteiger partial charge in [-0.25, -0.2) is 0 Å².